The van der Waals surface area contributed by atoms with E-state index in [9.17, 15) is 0 Å². The van der Waals surface area contributed by atoms with Gasteiger partial charge in [0.05, 0.1) is 5.69 Å². The highest BCUT2D eigenvalue weighted by atomic mass is 15.2. The van der Waals surface area contributed by atoms with E-state index >= 15 is 0 Å². The molecule has 108 valence electrons. The van der Waals surface area contributed by atoms with Crippen molar-refractivity contribution in [3.8, 4) is 0 Å². The molecular weight excluding hydrogens is 234 g/mol. The highest BCUT2D eigenvalue weighted by Gasteiger charge is 2.23. The average molecular weight is 263 g/mol. The third kappa shape index (κ3) is 3.74. The van der Waals surface area contributed by atoms with E-state index in [1.54, 1.807) is 0 Å². The maximum atomic E-state index is 4.65. The number of imidazole rings is 1. The van der Waals surface area contributed by atoms with Crippen LogP contribution in [0.2, 0.25) is 0 Å². The molecule has 0 aromatic carbocycles. The highest BCUT2D eigenvalue weighted by Crippen LogP contribution is 2.35. The monoisotopic (exact) mass is 263 g/mol. The van der Waals surface area contributed by atoms with E-state index in [4.69, 9.17) is 0 Å². The average Bonchev–Trinajstić information content (AvgIpc) is 2.80. The number of nitrogens with one attached hydrogen (secondary N) is 1. The van der Waals surface area contributed by atoms with Gasteiger partial charge in [-0.15, -0.1) is 0 Å². The van der Waals surface area contributed by atoms with Crippen LogP contribution in [0.25, 0.3) is 0 Å². The van der Waals surface area contributed by atoms with Crippen molar-refractivity contribution in [2.24, 2.45) is 5.92 Å². The molecule has 1 heterocycles. The van der Waals surface area contributed by atoms with Gasteiger partial charge in [-0.3, -0.25) is 0 Å². The summed E-state index contributed by atoms with van der Waals surface area (Å²) in [6.07, 6.45) is 11.4. The van der Waals surface area contributed by atoms with Gasteiger partial charge in [0.1, 0.15) is 0 Å². The summed E-state index contributed by atoms with van der Waals surface area (Å²) in [4.78, 5) is 4.65. The van der Waals surface area contributed by atoms with Crippen LogP contribution in [-0.2, 0) is 0 Å². The Labute approximate surface area is 117 Å². The summed E-state index contributed by atoms with van der Waals surface area (Å²) >= 11 is 0. The van der Waals surface area contributed by atoms with Crippen LogP contribution < -0.4 is 5.32 Å². The first-order valence-electron chi connectivity index (χ1n) is 8.03. The molecule has 1 aliphatic carbocycles. The first kappa shape index (κ1) is 14.4. The summed E-state index contributed by atoms with van der Waals surface area (Å²) in [6.45, 7) is 7.69. The summed E-state index contributed by atoms with van der Waals surface area (Å²) in [5.41, 5.74) is 1.14. The molecule has 1 saturated carbocycles. The Hall–Kier alpha value is -0.990. The zero-order valence-corrected chi connectivity index (χ0v) is 12.8. The van der Waals surface area contributed by atoms with Crippen molar-refractivity contribution in [2.45, 2.75) is 71.8 Å². The van der Waals surface area contributed by atoms with Gasteiger partial charge in [0.2, 0.25) is 5.95 Å². The van der Waals surface area contributed by atoms with E-state index < -0.39 is 0 Å². The zero-order valence-electron chi connectivity index (χ0n) is 12.8. The standard InChI is InChI=1S/C16H29N3/c1-4-6-11-17-16-18-13(3)12-19(16)15-9-7-14(5-2)8-10-15/h12,14-15H,4-11H2,1-3H3,(H,17,18). The van der Waals surface area contributed by atoms with Crippen molar-refractivity contribution in [3.63, 3.8) is 0 Å². The normalized spacial score (nSPS) is 23.5. The molecule has 0 saturated heterocycles. The molecule has 1 aromatic heterocycles. The second kappa shape index (κ2) is 6.97. The summed E-state index contributed by atoms with van der Waals surface area (Å²) in [5, 5.41) is 3.51. The molecule has 3 nitrogen and oxygen atoms in total. The third-order valence-corrected chi connectivity index (χ3v) is 4.45. The molecule has 0 spiro atoms. The maximum absolute atomic E-state index is 4.65. The van der Waals surface area contributed by atoms with Gasteiger partial charge in [-0.05, 0) is 44.9 Å². The third-order valence-electron chi connectivity index (χ3n) is 4.45. The van der Waals surface area contributed by atoms with Gasteiger partial charge < -0.3 is 9.88 Å². The number of unbranched alkanes of at least 4 members (excludes halogenated alkanes) is 1. The molecule has 1 fully saturated rings. The van der Waals surface area contributed by atoms with Gasteiger partial charge in [-0.2, -0.15) is 0 Å². The van der Waals surface area contributed by atoms with Crippen molar-refractivity contribution >= 4 is 5.95 Å². The van der Waals surface area contributed by atoms with Gasteiger partial charge in [-0.25, -0.2) is 4.98 Å². The fourth-order valence-corrected chi connectivity index (χ4v) is 3.13. The number of rotatable bonds is 6. The van der Waals surface area contributed by atoms with Crippen LogP contribution in [0.3, 0.4) is 0 Å². The van der Waals surface area contributed by atoms with Crippen molar-refractivity contribution in [1.29, 1.82) is 0 Å². The van der Waals surface area contributed by atoms with Crippen molar-refractivity contribution in [3.05, 3.63) is 11.9 Å². The Bertz CT molecular complexity index is 375. The lowest BCUT2D eigenvalue weighted by Crippen LogP contribution is -2.19. The van der Waals surface area contributed by atoms with Crippen LogP contribution in [0.15, 0.2) is 6.20 Å². The Kier molecular flexibility index (Phi) is 5.29. The molecule has 1 N–H and O–H groups in total. The summed E-state index contributed by atoms with van der Waals surface area (Å²) in [7, 11) is 0. The Morgan fingerprint density at radius 3 is 2.63 bits per heavy atom. The van der Waals surface area contributed by atoms with Gasteiger partial charge in [0.25, 0.3) is 0 Å². The van der Waals surface area contributed by atoms with E-state index in [-0.39, 0.29) is 0 Å². The number of nitrogens with zero attached hydrogens (tertiary/aromatic N) is 2. The molecule has 0 unspecified atom stereocenters. The van der Waals surface area contributed by atoms with E-state index in [0.717, 1.165) is 24.1 Å². The number of hydrogen-bond donors (Lipinski definition) is 1. The minimum atomic E-state index is 0.660. The first-order chi connectivity index (χ1) is 9.24. The number of hydrogen-bond acceptors (Lipinski definition) is 2. The molecule has 0 aliphatic heterocycles. The van der Waals surface area contributed by atoms with Gasteiger partial charge in [0, 0.05) is 18.8 Å². The molecule has 0 bridgehead atoms. The van der Waals surface area contributed by atoms with Crippen LogP contribution >= 0.6 is 0 Å². The van der Waals surface area contributed by atoms with Crippen LogP contribution in [0.4, 0.5) is 5.95 Å². The molecular formula is C16H29N3. The molecule has 1 aromatic rings. The quantitative estimate of drug-likeness (QED) is 0.763. The fraction of sp³-hybridized carbons (Fsp3) is 0.812. The molecule has 3 heteroatoms. The zero-order chi connectivity index (χ0) is 13.7. The fourth-order valence-electron chi connectivity index (χ4n) is 3.13. The van der Waals surface area contributed by atoms with Gasteiger partial charge in [0.15, 0.2) is 0 Å². The maximum Gasteiger partial charge on any atom is 0.203 e. The van der Waals surface area contributed by atoms with Gasteiger partial charge in [-0.1, -0.05) is 26.7 Å². The van der Waals surface area contributed by atoms with E-state index in [2.05, 4.69) is 41.8 Å². The predicted octanol–water partition coefficient (Wildman–Crippen LogP) is 4.54. The molecule has 2 rings (SSSR count). The molecule has 1 aliphatic rings. The molecule has 0 amide bonds. The highest BCUT2D eigenvalue weighted by molar-refractivity contribution is 5.29. The largest absolute Gasteiger partial charge is 0.356 e. The summed E-state index contributed by atoms with van der Waals surface area (Å²) < 4.78 is 2.40. The Morgan fingerprint density at radius 1 is 1.26 bits per heavy atom. The van der Waals surface area contributed by atoms with Crippen LogP contribution in [-0.4, -0.2) is 16.1 Å². The van der Waals surface area contributed by atoms with Gasteiger partial charge >= 0.3 is 0 Å². The first-order valence-corrected chi connectivity index (χ1v) is 8.03. The van der Waals surface area contributed by atoms with Crippen molar-refractivity contribution in [2.75, 3.05) is 11.9 Å². The predicted molar refractivity (Wildman–Crippen MR) is 81.6 cm³/mol. The second-order valence-electron chi connectivity index (χ2n) is 5.98. The number of aromatic nitrogens is 2. The van der Waals surface area contributed by atoms with Crippen LogP contribution in [0.1, 0.15) is 70.5 Å². The number of anilines is 1. The lowest BCUT2D eigenvalue weighted by Gasteiger charge is -2.29. The van der Waals surface area contributed by atoms with E-state index in [0.29, 0.717) is 6.04 Å². The molecule has 0 atom stereocenters. The minimum absolute atomic E-state index is 0.660. The second-order valence-corrected chi connectivity index (χ2v) is 5.98. The van der Waals surface area contributed by atoms with E-state index in [1.807, 2.05) is 0 Å². The Balaban J connectivity index is 1.99. The van der Waals surface area contributed by atoms with Crippen LogP contribution in [0.5, 0.6) is 0 Å². The number of aryl methyl sites for hydroxylation is 1. The van der Waals surface area contributed by atoms with Crippen molar-refractivity contribution < 1.29 is 0 Å². The smallest absolute Gasteiger partial charge is 0.203 e. The lowest BCUT2D eigenvalue weighted by atomic mass is 9.84. The van der Waals surface area contributed by atoms with Crippen molar-refractivity contribution in [1.82, 2.24) is 9.55 Å². The Morgan fingerprint density at radius 2 is 2.00 bits per heavy atom. The molecule has 19 heavy (non-hydrogen) atoms. The summed E-state index contributed by atoms with van der Waals surface area (Å²) in [6, 6.07) is 0.660. The minimum Gasteiger partial charge on any atom is -0.356 e. The SMILES string of the molecule is CCCCNc1nc(C)cn1C1CCC(CC)CC1. The summed E-state index contributed by atoms with van der Waals surface area (Å²) in [5.74, 6) is 2.04. The van der Waals surface area contributed by atoms with Crippen LogP contribution in [0, 0.1) is 12.8 Å². The lowest BCUT2D eigenvalue weighted by molar-refractivity contribution is 0.271. The van der Waals surface area contributed by atoms with E-state index in [1.165, 1.54) is 44.9 Å². The topological polar surface area (TPSA) is 29.9 Å². The molecule has 0 radical (unpaired) electrons.